The molecule has 2 atom stereocenters. The van der Waals surface area contributed by atoms with Crippen LogP contribution in [0, 0.1) is 23.4 Å². The molecule has 0 bridgehead atoms. The fraction of sp³-hybridized carbons (Fsp3) is 0.320. The van der Waals surface area contributed by atoms with E-state index in [1.54, 1.807) is 15.8 Å². The summed E-state index contributed by atoms with van der Waals surface area (Å²) in [6.45, 7) is 0.854. The largest absolute Gasteiger partial charge is 0.439 e. The number of halogens is 3. The van der Waals surface area contributed by atoms with Gasteiger partial charge in [-0.3, -0.25) is 9.58 Å². The van der Waals surface area contributed by atoms with Gasteiger partial charge < -0.3 is 15.0 Å². The lowest BCUT2D eigenvalue weighted by Gasteiger charge is -2.37. The number of cyclic esters (lactones) is 1. The first kappa shape index (κ1) is 22.4. The number of hydrogen-bond acceptors (Lipinski definition) is 4. The fourth-order valence-corrected chi connectivity index (χ4v) is 4.93. The van der Waals surface area contributed by atoms with E-state index in [4.69, 9.17) is 4.74 Å². The SMILES string of the molecule is O=C1OC(c2ccccc2)CN1c1cnn2c1CN(C(=O)Nc1cc(F)c(F)c(F)c1)C(C1CC1)C2. The van der Waals surface area contributed by atoms with Crippen LogP contribution in [0.1, 0.15) is 30.2 Å². The van der Waals surface area contributed by atoms with Crippen molar-refractivity contribution in [3.63, 3.8) is 0 Å². The second-order valence-electron chi connectivity index (χ2n) is 9.27. The van der Waals surface area contributed by atoms with E-state index in [1.165, 1.54) is 4.90 Å². The first-order valence-corrected chi connectivity index (χ1v) is 11.7. The van der Waals surface area contributed by atoms with Crippen molar-refractivity contribution in [1.29, 1.82) is 0 Å². The van der Waals surface area contributed by atoms with Crippen molar-refractivity contribution in [2.75, 3.05) is 16.8 Å². The summed E-state index contributed by atoms with van der Waals surface area (Å²) in [6.07, 6.45) is 2.57. The highest BCUT2D eigenvalue weighted by atomic mass is 19.2. The third kappa shape index (κ3) is 3.94. The van der Waals surface area contributed by atoms with Crippen LogP contribution in [-0.2, 0) is 17.8 Å². The number of nitrogens with zero attached hydrogens (tertiary/aromatic N) is 4. The van der Waals surface area contributed by atoms with Crippen LogP contribution in [0.15, 0.2) is 48.7 Å². The second kappa shape index (κ2) is 8.58. The molecule has 2 fully saturated rings. The molecule has 0 spiro atoms. The van der Waals surface area contributed by atoms with Gasteiger partial charge in [-0.1, -0.05) is 30.3 Å². The molecule has 1 N–H and O–H groups in total. The Hall–Kier alpha value is -4.02. The standard InChI is InChI=1S/C25H22F3N5O3/c26-17-8-16(9-18(27)23(17)28)30-24(34)31-11-21-19(10-29-33(21)12-20(31)14-6-7-14)32-13-22(36-25(32)35)15-4-2-1-3-5-15/h1-5,8-10,14,20,22H,6-7,11-13H2,(H,30,34). The maximum absolute atomic E-state index is 13.7. The van der Waals surface area contributed by atoms with Crippen molar-refractivity contribution in [2.45, 2.75) is 38.1 Å². The number of amides is 3. The number of carbonyl (C=O) groups excluding carboxylic acids is 2. The monoisotopic (exact) mass is 497 g/mol. The highest BCUT2D eigenvalue weighted by Crippen LogP contribution is 2.41. The molecule has 3 aromatic rings. The molecule has 6 rings (SSSR count). The van der Waals surface area contributed by atoms with E-state index in [2.05, 4.69) is 10.4 Å². The van der Waals surface area contributed by atoms with Crippen LogP contribution in [-0.4, -0.2) is 39.4 Å². The maximum atomic E-state index is 13.7. The molecular formula is C25H22F3N5O3. The van der Waals surface area contributed by atoms with Gasteiger partial charge in [0.25, 0.3) is 0 Å². The van der Waals surface area contributed by atoms with E-state index >= 15 is 0 Å². The minimum absolute atomic E-state index is 0.133. The number of aromatic nitrogens is 2. The van der Waals surface area contributed by atoms with Crippen molar-refractivity contribution in [1.82, 2.24) is 14.7 Å². The predicted octanol–water partition coefficient (Wildman–Crippen LogP) is 4.82. The summed E-state index contributed by atoms with van der Waals surface area (Å²) in [4.78, 5) is 29.1. The number of nitrogens with one attached hydrogen (secondary N) is 1. The molecule has 8 nitrogen and oxygen atoms in total. The van der Waals surface area contributed by atoms with E-state index in [0.717, 1.165) is 30.5 Å². The summed E-state index contributed by atoms with van der Waals surface area (Å²) in [5, 5.41) is 6.96. The first-order valence-electron chi connectivity index (χ1n) is 11.7. The minimum atomic E-state index is -1.60. The number of rotatable bonds is 4. The average Bonchev–Trinajstić information content (AvgIpc) is 3.53. The van der Waals surface area contributed by atoms with Gasteiger partial charge in [-0.25, -0.2) is 22.8 Å². The number of ether oxygens (including phenoxy) is 1. The van der Waals surface area contributed by atoms with Crippen LogP contribution in [0.5, 0.6) is 0 Å². The zero-order chi connectivity index (χ0) is 25.0. The number of anilines is 2. The quantitative estimate of drug-likeness (QED) is 0.524. The lowest BCUT2D eigenvalue weighted by molar-refractivity contribution is 0.141. The molecule has 1 aromatic heterocycles. The first-order chi connectivity index (χ1) is 17.4. The van der Waals surface area contributed by atoms with E-state index in [1.807, 2.05) is 30.3 Å². The third-order valence-corrected chi connectivity index (χ3v) is 6.94. The molecule has 186 valence electrons. The molecule has 2 unspecified atom stereocenters. The summed E-state index contributed by atoms with van der Waals surface area (Å²) < 4.78 is 48.1. The molecular weight excluding hydrogens is 475 g/mol. The number of benzene rings is 2. The van der Waals surface area contributed by atoms with Crippen LogP contribution in [0.25, 0.3) is 0 Å². The summed E-state index contributed by atoms with van der Waals surface area (Å²) in [5.41, 5.74) is 1.90. The predicted molar refractivity (Wildman–Crippen MR) is 123 cm³/mol. The van der Waals surface area contributed by atoms with Crippen molar-refractivity contribution in [3.05, 3.63) is 77.4 Å². The Balaban J connectivity index is 1.26. The van der Waals surface area contributed by atoms with Gasteiger partial charge in [0.1, 0.15) is 6.10 Å². The van der Waals surface area contributed by atoms with Gasteiger partial charge in [0, 0.05) is 17.8 Å². The van der Waals surface area contributed by atoms with Gasteiger partial charge in [0.15, 0.2) is 17.5 Å². The van der Waals surface area contributed by atoms with Gasteiger partial charge in [-0.05, 0) is 24.3 Å². The second-order valence-corrected chi connectivity index (χ2v) is 9.27. The highest BCUT2D eigenvalue weighted by Gasteiger charge is 2.43. The molecule has 3 amide bonds. The molecule has 2 aliphatic heterocycles. The molecule has 1 aliphatic carbocycles. The summed E-state index contributed by atoms with van der Waals surface area (Å²) in [5.74, 6) is -4.09. The van der Waals surface area contributed by atoms with Crippen LogP contribution < -0.4 is 10.2 Å². The minimum Gasteiger partial charge on any atom is -0.439 e. The zero-order valence-electron chi connectivity index (χ0n) is 19.0. The summed E-state index contributed by atoms with van der Waals surface area (Å²) in [7, 11) is 0. The van der Waals surface area contributed by atoms with Crippen LogP contribution in [0.4, 0.5) is 34.1 Å². The Morgan fingerprint density at radius 3 is 2.47 bits per heavy atom. The smallest absolute Gasteiger partial charge is 0.415 e. The Morgan fingerprint density at radius 1 is 1.06 bits per heavy atom. The van der Waals surface area contributed by atoms with Crippen LogP contribution in [0.3, 0.4) is 0 Å². The lowest BCUT2D eigenvalue weighted by atomic mass is 10.1. The van der Waals surface area contributed by atoms with Gasteiger partial charge >= 0.3 is 12.1 Å². The molecule has 3 heterocycles. The summed E-state index contributed by atoms with van der Waals surface area (Å²) >= 11 is 0. The van der Waals surface area contributed by atoms with Crippen molar-refractivity contribution >= 4 is 23.5 Å². The van der Waals surface area contributed by atoms with Crippen molar-refractivity contribution in [2.24, 2.45) is 5.92 Å². The normalized spacial score (nSPS) is 21.4. The Bertz CT molecular complexity index is 1320. The Labute approximate surface area is 204 Å². The van der Waals surface area contributed by atoms with Crippen LogP contribution >= 0.6 is 0 Å². The topological polar surface area (TPSA) is 79.7 Å². The molecule has 3 aliphatic rings. The highest BCUT2D eigenvalue weighted by molar-refractivity contribution is 5.92. The molecule has 11 heteroatoms. The van der Waals surface area contributed by atoms with Crippen LogP contribution in [0.2, 0.25) is 0 Å². The lowest BCUT2D eigenvalue weighted by Crippen LogP contribution is -2.49. The summed E-state index contributed by atoms with van der Waals surface area (Å²) in [6, 6.07) is 10.2. The number of fused-ring (bicyclic) bond motifs is 1. The fourth-order valence-electron chi connectivity index (χ4n) is 4.93. The average molecular weight is 497 g/mol. The van der Waals surface area contributed by atoms with E-state index in [-0.39, 0.29) is 24.2 Å². The molecule has 2 aromatic carbocycles. The molecule has 1 saturated heterocycles. The van der Waals surface area contributed by atoms with Crippen molar-refractivity contribution < 1.29 is 27.5 Å². The number of urea groups is 1. The van der Waals surface area contributed by atoms with E-state index < -0.39 is 35.7 Å². The van der Waals surface area contributed by atoms with Gasteiger partial charge in [0.2, 0.25) is 0 Å². The van der Waals surface area contributed by atoms with E-state index in [9.17, 15) is 22.8 Å². The Kier molecular flexibility index (Phi) is 5.35. The van der Waals surface area contributed by atoms with Crippen molar-refractivity contribution in [3.8, 4) is 0 Å². The maximum Gasteiger partial charge on any atom is 0.415 e. The van der Waals surface area contributed by atoms with E-state index in [0.29, 0.717) is 24.5 Å². The zero-order valence-corrected chi connectivity index (χ0v) is 19.0. The van der Waals surface area contributed by atoms with Gasteiger partial charge in [-0.2, -0.15) is 5.10 Å². The third-order valence-electron chi connectivity index (χ3n) is 6.94. The van der Waals surface area contributed by atoms with Gasteiger partial charge in [-0.15, -0.1) is 0 Å². The van der Waals surface area contributed by atoms with Gasteiger partial charge in [0.05, 0.1) is 43.3 Å². The Morgan fingerprint density at radius 2 is 1.78 bits per heavy atom. The molecule has 36 heavy (non-hydrogen) atoms. The molecule has 1 saturated carbocycles. The number of hydrogen-bond donors (Lipinski definition) is 1. The molecule has 0 radical (unpaired) electrons. The number of carbonyl (C=O) groups is 2.